The van der Waals surface area contributed by atoms with E-state index in [1.165, 1.54) is 0 Å². The minimum Gasteiger partial charge on any atom is -0.491 e. The Kier molecular flexibility index (Phi) is 4.46. The van der Waals surface area contributed by atoms with Gasteiger partial charge in [0.2, 0.25) is 11.7 Å². The van der Waals surface area contributed by atoms with Gasteiger partial charge in [-0.25, -0.2) is 0 Å². The summed E-state index contributed by atoms with van der Waals surface area (Å²) in [6, 6.07) is 6.48. The molecular formula is C13H13F3N2O3. The highest BCUT2D eigenvalue weighted by Crippen LogP contribution is 2.24. The lowest BCUT2D eigenvalue weighted by molar-refractivity contribution is -0.156. The van der Waals surface area contributed by atoms with E-state index >= 15 is 0 Å². The average Bonchev–Trinajstić information content (AvgIpc) is 2.82. The summed E-state index contributed by atoms with van der Waals surface area (Å²) in [6.07, 6.45) is -7.34. The zero-order valence-corrected chi connectivity index (χ0v) is 11.1. The molecule has 21 heavy (non-hydrogen) atoms. The maximum absolute atomic E-state index is 12.1. The van der Waals surface area contributed by atoms with Crippen molar-refractivity contribution in [3.63, 3.8) is 0 Å². The minimum absolute atomic E-state index is 0.316. The summed E-state index contributed by atoms with van der Waals surface area (Å²) in [5.74, 6) is 1.07. The van der Waals surface area contributed by atoms with Crippen molar-refractivity contribution in [2.45, 2.75) is 25.6 Å². The molecule has 0 spiro atoms. The average molecular weight is 302 g/mol. The molecule has 1 heterocycles. The molecule has 114 valence electrons. The van der Waals surface area contributed by atoms with E-state index in [1.54, 1.807) is 31.2 Å². The first-order valence-corrected chi connectivity index (χ1v) is 6.12. The quantitative estimate of drug-likeness (QED) is 0.919. The van der Waals surface area contributed by atoms with Crippen LogP contribution < -0.4 is 4.74 Å². The Bertz CT molecular complexity index is 598. The molecule has 0 saturated carbocycles. The summed E-state index contributed by atoms with van der Waals surface area (Å²) in [5, 5.41) is 13.0. The van der Waals surface area contributed by atoms with Gasteiger partial charge in [0.15, 0.2) is 0 Å². The molecule has 0 aliphatic heterocycles. The number of hydrogen-bond donors (Lipinski definition) is 1. The molecular weight excluding hydrogens is 289 g/mol. The molecule has 0 fully saturated rings. The fraction of sp³-hybridized carbons (Fsp3) is 0.385. The van der Waals surface area contributed by atoms with Crippen molar-refractivity contribution in [2.24, 2.45) is 0 Å². The molecule has 2 rings (SSSR count). The van der Waals surface area contributed by atoms with Crippen molar-refractivity contribution in [1.82, 2.24) is 10.1 Å². The molecule has 8 heteroatoms. The van der Waals surface area contributed by atoms with E-state index in [1.807, 2.05) is 0 Å². The number of ether oxygens (including phenoxy) is 1. The van der Waals surface area contributed by atoms with Gasteiger partial charge in [-0.15, -0.1) is 0 Å². The second-order valence-corrected chi connectivity index (χ2v) is 4.45. The van der Waals surface area contributed by atoms with Crippen molar-refractivity contribution in [3.05, 3.63) is 30.2 Å². The Morgan fingerprint density at radius 1 is 1.38 bits per heavy atom. The Hall–Kier alpha value is -2.09. The topological polar surface area (TPSA) is 68.4 Å². The fourth-order valence-electron chi connectivity index (χ4n) is 1.66. The maximum Gasteiger partial charge on any atom is 0.391 e. The molecule has 0 unspecified atom stereocenters. The van der Waals surface area contributed by atoms with E-state index in [2.05, 4.69) is 10.1 Å². The highest BCUT2D eigenvalue weighted by molar-refractivity contribution is 5.56. The lowest BCUT2D eigenvalue weighted by Gasteiger charge is -2.14. The van der Waals surface area contributed by atoms with Gasteiger partial charge in [0.05, 0.1) is 12.5 Å². The van der Waals surface area contributed by atoms with Crippen LogP contribution in [0.1, 0.15) is 12.3 Å². The predicted octanol–water partition coefficient (Wildman–Crippen LogP) is 2.74. The Labute approximate surface area is 118 Å². The SMILES string of the molecule is Cc1nc(-c2cccc(OC[C@@H](O)CC(F)(F)F)c2)no1. The van der Waals surface area contributed by atoms with Crippen LogP contribution in [-0.2, 0) is 0 Å². The molecule has 0 saturated heterocycles. The zero-order valence-electron chi connectivity index (χ0n) is 11.1. The first kappa shape index (κ1) is 15.3. The van der Waals surface area contributed by atoms with E-state index in [4.69, 9.17) is 9.26 Å². The molecule has 0 amide bonds. The van der Waals surface area contributed by atoms with Gasteiger partial charge in [0.25, 0.3) is 0 Å². The number of nitrogens with zero attached hydrogens (tertiary/aromatic N) is 2. The number of alkyl halides is 3. The smallest absolute Gasteiger partial charge is 0.391 e. The summed E-state index contributed by atoms with van der Waals surface area (Å²) in [7, 11) is 0. The third-order valence-electron chi connectivity index (χ3n) is 2.53. The third-order valence-corrected chi connectivity index (χ3v) is 2.53. The van der Waals surface area contributed by atoms with Gasteiger partial charge < -0.3 is 14.4 Å². The van der Waals surface area contributed by atoms with Gasteiger partial charge in [-0.3, -0.25) is 0 Å². The first-order chi connectivity index (χ1) is 9.83. The van der Waals surface area contributed by atoms with Gasteiger partial charge in [-0.05, 0) is 12.1 Å². The highest BCUT2D eigenvalue weighted by Gasteiger charge is 2.31. The van der Waals surface area contributed by atoms with Crippen molar-refractivity contribution in [1.29, 1.82) is 0 Å². The van der Waals surface area contributed by atoms with Crippen LogP contribution in [0.5, 0.6) is 5.75 Å². The molecule has 1 N–H and O–H groups in total. The lowest BCUT2D eigenvalue weighted by atomic mass is 10.2. The van der Waals surface area contributed by atoms with Gasteiger partial charge in [-0.1, -0.05) is 17.3 Å². The molecule has 1 atom stereocenters. The second-order valence-electron chi connectivity index (χ2n) is 4.45. The van der Waals surface area contributed by atoms with Crippen molar-refractivity contribution in [3.8, 4) is 17.1 Å². The predicted molar refractivity (Wildman–Crippen MR) is 66.6 cm³/mol. The Morgan fingerprint density at radius 3 is 2.76 bits per heavy atom. The van der Waals surface area contributed by atoms with Crippen LogP contribution in [0.2, 0.25) is 0 Å². The minimum atomic E-state index is -4.42. The molecule has 1 aromatic carbocycles. The van der Waals surface area contributed by atoms with Crippen LogP contribution >= 0.6 is 0 Å². The van der Waals surface area contributed by atoms with Crippen LogP contribution in [0, 0.1) is 6.92 Å². The van der Waals surface area contributed by atoms with Gasteiger partial charge in [0.1, 0.15) is 12.4 Å². The monoisotopic (exact) mass is 302 g/mol. The zero-order chi connectivity index (χ0) is 15.5. The van der Waals surface area contributed by atoms with Gasteiger partial charge >= 0.3 is 6.18 Å². The molecule has 0 aliphatic rings. The summed E-state index contributed by atoms with van der Waals surface area (Å²) in [4.78, 5) is 4.03. The number of hydrogen-bond acceptors (Lipinski definition) is 5. The molecule has 2 aromatic rings. The molecule has 5 nitrogen and oxygen atoms in total. The maximum atomic E-state index is 12.1. The molecule has 0 radical (unpaired) electrons. The van der Waals surface area contributed by atoms with Crippen molar-refractivity contribution < 1.29 is 27.5 Å². The molecule has 0 aliphatic carbocycles. The van der Waals surface area contributed by atoms with Crippen LogP contribution in [0.3, 0.4) is 0 Å². The molecule has 0 bridgehead atoms. The number of aryl methyl sites for hydroxylation is 1. The number of benzene rings is 1. The lowest BCUT2D eigenvalue weighted by Crippen LogP contribution is -2.25. The van der Waals surface area contributed by atoms with E-state index in [9.17, 15) is 18.3 Å². The normalized spacial score (nSPS) is 13.2. The number of aromatic nitrogens is 2. The number of halogens is 3. The largest absolute Gasteiger partial charge is 0.491 e. The van der Waals surface area contributed by atoms with E-state index in [0.29, 0.717) is 23.0 Å². The van der Waals surface area contributed by atoms with E-state index in [0.717, 1.165) is 0 Å². The number of rotatable bonds is 5. The van der Waals surface area contributed by atoms with Crippen LogP contribution in [0.15, 0.2) is 28.8 Å². The summed E-state index contributed by atoms with van der Waals surface area (Å²) < 4.78 is 46.2. The van der Waals surface area contributed by atoms with Crippen LogP contribution in [0.25, 0.3) is 11.4 Å². The van der Waals surface area contributed by atoms with Crippen molar-refractivity contribution in [2.75, 3.05) is 6.61 Å². The standard InChI is InChI=1S/C13H13F3N2O3/c1-8-17-12(18-21-8)9-3-2-4-11(5-9)20-7-10(19)6-13(14,15)16/h2-5,10,19H,6-7H2,1H3/t10-/m0/s1. The van der Waals surface area contributed by atoms with E-state index < -0.39 is 25.3 Å². The highest BCUT2D eigenvalue weighted by atomic mass is 19.4. The summed E-state index contributed by atoms with van der Waals surface area (Å²) >= 11 is 0. The molecule has 1 aromatic heterocycles. The second kappa shape index (κ2) is 6.13. The number of aliphatic hydroxyl groups is 1. The van der Waals surface area contributed by atoms with Gasteiger partial charge in [0, 0.05) is 12.5 Å². The van der Waals surface area contributed by atoms with Gasteiger partial charge in [-0.2, -0.15) is 18.2 Å². The Morgan fingerprint density at radius 2 is 2.14 bits per heavy atom. The summed E-state index contributed by atoms with van der Waals surface area (Å²) in [5.41, 5.74) is 0.606. The van der Waals surface area contributed by atoms with E-state index in [-0.39, 0.29) is 0 Å². The summed E-state index contributed by atoms with van der Waals surface area (Å²) in [6.45, 7) is 1.19. The third kappa shape index (κ3) is 4.75. The van der Waals surface area contributed by atoms with Crippen LogP contribution in [0.4, 0.5) is 13.2 Å². The number of aliphatic hydroxyl groups excluding tert-OH is 1. The first-order valence-electron chi connectivity index (χ1n) is 6.12. The van der Waals surface area contributed by atoms with Crippen molar-refractivity contribution >= 4 is 0 Å². The van der Waals surface area contributed by atoms with Crippen LogP contribution in [-0.4, -0.2) is 34.1 Å². The Balaban J connectivity index is 1.98. The fourth-order valence-corrected chi connectivity index (χ4v) is 1.66.